The molecule has 11 heteroatoms. The SMILES string of the molecule is CCN(Cc1ccc(Cl)nc1)/C(=C/[N+](=O)[O-])NC.c1ccc2[nH]c(-c3cscn3)nc2c1. The summed E-state index contributed by atoms with van der Waals surface area (Å²) in [5.74, 6) is 1.30. The molecule has 0 fully saturated rings. The number of para-hydroxylation sites is 2. The third kappa shape index (κ3) is 6.25. The van der Waals surface area contributed by atoms with Gasteiger partial charge in [0.2, 0.25) is 0 Å². The van der Waals surface area contributed by atoms with Gasteiger partial charge in [-0.15, -0.1) is 11.3 Å². The quantitative estimate of drug-likeness (QED) is 0.231. The lowest BCUT2D eigenvalue weighted by atomic mass is 10.2. The second-order valence-corrected chi connectivity index (χ2v) is 7.64. The fraction of sp³-hybridized carbons (Fsp3) is 0.190. The molecule has 3 aromatic heterocycles. The molecule has 0 spiro atoms. The van der Waals surface area contributed by atoms with Crippen molar-refractivity contribution in [3.8, 4) is 11.5 Å². The van der Waals surface area contributed by atoms with E-state index >= 15 is 0 Å². The van der Waals surface area contributed by atoms with Gasteiger partial charge in [-0.1, -0.05) is 29.8 Å². The van der Waals surface area contributed by atoms with Crippen molar-refractivity contribution in [2.24, 2.45) is 0 Å². The zero-order valence-corrected chi connectivity index (χ0v) is 19.1. The van der Waals surface area contributed by atoms with Gasteiger partial charge in [-0.25, -0.2) is 15.0 Å². The number of nitrogens with one attached hydrogen (secondary N) is 2. The highest BCUT2D eigenvalue weighted by Gasteiger charge is 2.11. The van der Waals surface area contributed by atoms with Crippen molar-refractivity contribution >= 4 is 34.0 Å². The fourth-order valence-corrected chi connectivity index (χ4v) is 3.54. The van der Waals surface area contributed by atoms with Gasteiger partial charge in [-0.2, -0.15) is 0 Å². The number of imidazole rings is 1. The van der Waals surface area contributed by atoms with E-state index in [0.29, 0.717) is 24.1 Å². The lowest BCUT2D eigenvalue weighted by molar-refractivity contribution is -0.404. The minimum Gasteiger partial charge on any atom is -0.370 e. The highest BCUT2D eigenvalue weighted by molar-refractivity contribution is 7.07. The van der Waals surface area contributed by atoms with Crippen molar-refractivity contribution in [1.82, 2.24) is 30.2 Å². The summed E-state index contributed by atoms with van der Waals surface area (Å²) < 4.78 is 0. The summed E-state index contributed by atoms with van der Waals surface area (Å²) in [6, 6.07) is 11.5. The summed E-state index contributed by atoms with van der Waals surface area (Å²) in [4.78, 5) is 27.7. The Bertz CT molecular complexity index is 1140. The lowest BCUT2D eigenvalue weighted by Crippen LogP contribution is -2.30. The molecule has 1 aromatic carbocycles. The van der Waals surface area contributed by atoms with Crippen LogP contribution in [0.2, 0.25) is 5.15 Å². The van der Waals surface area contributed by atoms with Crippen LogP contribution in [0.4, 0.5) is 0 Å². The smallest absolute Gasteiger partial charge is 0.274 e. The molecule has 0 amide bonds. The van der Waals surface area contributed by atoms with E-state index in [2.05, 4.69) is 25.3 Å². The predicted octanol–water partition coefficient (Wildman–Crippen LogP) is 4.54. The Morgan fingerprint density at radius 3 is 2.72 bits per heavy atom. The Labute approximate surface area is 194 Å². The molecular formula is C21H22ClN7O2S. The molecule has 0 atom stereocenters. The van der Waals surface area contributed by atoms with Gasteiger partial charge < -0.3 is 15.2 Å². The van der Waals surface area contributed by atoms with Gasteiger partial charge >= 0.3 is 0 Å². The van der Waals surface area contributed by atoms with Gasteiger partial charge in [0.1, 0.15) is 10.8 Å². The summed E-state index contributed by atoms with van der Waals surface area (Å²) in [7, 11) is 1.65. The maximum absolute atomic E-state index is 10.5. The summed E-state index contributed by atoms with van der Waals surface area (Å²) in [5, 5.41) is 15.7. The minimum atomic E-state index is -0.478. The van der Waals surface area contributed by atoms with Crippen molar-refractivity contribution in [1.29, 1.82) is 0 Å². The van der Waals surface area contributed by atoms with Gasteiger partial charge in [0.15, 0.2) is 11.6 Å². The number of benzene rings is 1. The van der Waals surface area contributed by atoms with Crippen LogP contribution >= 0.6 is 22.9 Å². The van der Waals surface area contributed by atoms with Gasteiger partial charge in [-0.05, 0) is 30.7 Å². The van der Waals surface area contributed by atoms with Crippen molar-refractivity contribution in [3.63, 3.8) is 0 Å². The van der Waals surface area contributed by atoms with Crippen LogP contribution in [-0.4, -0.2) is 43.4 Å². The molecule has 4 rings (SSSR count). The molecule has 0 saturated heterocycles. The van der Waals surface area contributed by atoms with Crippen LogP contribution < -0.4 is 5.32 Å². The molecule has 0 aliphatic rings. The second-order valence-electron chi connectivity index (χ2n) is 6.53. The van der Waals surface area contributed by atoms with Gasteiger partial charge in [0, 0.05) is 31.7 Å². The number of nitrogens with zero attached hydrogens (tertiary/aromatic N) is 5. The number of thiazole rings is 1. The number of H-pyrrole nitrogens is 1. The standard InChI is InChI=1S/C11H15ClN4O2.C10H7N3S/c1-3-15(11(13-2)8-16(17)18)7-9-4-5-10(12)14-6-9;1-2-4-8-7(3-1)12-10(13-8)9-5-14-6-11-9/h4-6,8,13H,3,7H2,1-2H3;1-6H,(H,12,13)/b11-8+;. The number of rotatable bonds is 7. The maximum atomic E-state index is 10.5. The number of aromatic amines is 1. The molecule has 0 aliphatic carbocycles. The molecule has 2 N–H and O–H groups in total. The molecule has 3 heterocycles. The number of hydrogen-bond donors (Lipinski definition) is 2. The van der Waals surface area contributed by atoms with Crippen LogP contribution in [0.25, 0.3) is 22.6 Å². The van der Waals surface area contributed by atoms with Crippen LogP contribution in [0.5, 0.6) is 0 Å². The fourth-order valence-electron chi connectivity index (χ4n) is 2.90. The summed E-state index contributed by atoms with van der Waals surface area (Å²) in [5.41, 5.74) is 5.69. The van der Waals surface area contributed by atoms with E-state index in [9.17, 15) is 10.1 Å². The average Bonchev–Trinajstić information content (AvgIpc) is 3.47. The van der Waals surface area contributed by atoms with E-state index in [4.69, 9.17) is 11.6 Å². The summed E-state index contributed by atoms with van der Waals surface area (Å²) >= 11 is 7.28. The minimum absolute atomic E-state index is 0.427. The Morgan fingerprint density at radius 2 is 2.12 bits per heavy atom. The van der Waals surface area contributed by atoms with Crippen LogP contribution in [0.3, 0.4) is 0 Å². The highest BCUT2D eigenvalue weighted by atomic mass is 35.5. The Hall–Kier alpha value is -3.50. The molecule has 0 radical (unpaired) electrons. The van der Waals surface area contributed by atoms with Crippen LogP contribution in [0.15, 0.2) is 65.5 Å². The topological polar surface area (TPSA) is 113 Å². The first-order valence-electron chi connectivity index (χ1n) is 9.72. The molecule has 9 nitrogen and oxygen atoms in total. The van der Waals surface area contributed by atoms with Crippen LogP contribution in [0, 0.1) is 10.1 Å². The van der Waals surface area contributed by atoms with Crippen molar-refractivity contribution in [2.75, 3.05) is 13.6 Å². The molecular weight excluding hydrogens is 450 g/mol. The zero-order chi connectivity index (χ0) is 22.9. The Kier molecular flexibility index (Phi) is 8.12. The predicted molar refractivity (Wildman–Crippen MR) is 127 cm³/mol. The van der Waals surface area contributed by atoms with E-state index in [-0.39, 0.29) is 0 Å². The number of aromatic nitrogens is 4. The van der Waals surface area contributed by atoms with Crippen molar-refractivity contribution in [2.45, 2.75) is 13.5 Å². The molecule has 0 aliphatic heterocycles. The van der Waals surface area contributed by atoms with E-state index in [1.807, 2.05) is 53.0 Å². The molecule has 0 unspecified atom stereocenters. The number of halogens is 1. The molecule has 4 aromatic rings. The second kappa shape index (κ2) is 11.2. The number of nitro groups is 1. The maximum Gasteiger partial charge on any atom is 0.274 e. The van der Waals surface area contributed by atoms with E-state index in [1.54, 1.807) is 30.6 Å². The normalized spacial score (nSPS) is 11.0. The van der Waals surface area contributed by atoms with E-state index in [1.165, 1.54) is 0 Å². The van der Waals surface area contributed by atoms with Gasteiger partial charge in [-0.3, -0.25) is 10.1 Å². The Balaban J connectivity index is 0.000000185. The molecule has 0 bridgehead atoms. The monoisotopic (exact) mass is 471 g/mol. The van der Waals surface area contributed by atoms with Crippen molar-refractivity contribution in [3.05, 3.63) is 86.3 Å². The van der Waals surface area contributed by atoms with E-state index in [0.717, 1.165) is 34.3 Å². The largest absolute Gasteiger partial charge is 0.370 e. The molecule has 166 valence electrons. The third-order valence-corrected chi connectivity index (χ3v) is 5.24. The number of fused-ring (bicyclic) bond motifs is 1. The highest BCUT2D eigenvalue weighted by Crippen LogP contribution is 2.19. The van der Waals surface area contributed by atoms with Gasteiger partial charge in [0.25, 0.3) is 6.20 Å². The Morgan fingerprint density at radius 1 is 1.31 bits per heavy atom. The lowest BCUT2D eigenvalue weighted by Gasteiger charge is -2.23. The zero-order valence-electron chi connectivity index (χ0n) is 17.5. The molecule has 0 saturated carbocycles. The molecule has 32 heavy (non-hydrogen) atoms. The van der Waals surface area contributed by atoms with Crippen LogP contribution in [0.1, 0.15) is 12.5 Å². The van der Waals surface area contributed by atoms with Crippen LogP contribution in [-0.2, 0) is 6.54 Å². The number of hydrogen-bond acceptors (Lipinski definition) is 8. The first kappa shape index (κ1) is 23.2. The first-order chi connectivity index (χ1) is 15.5. The average molecular weight is 472 g/mol. The third-order valence-electron chi connectivity index (χ3n) is 4.43. The summed E-state index contributed by atoms with van der Waals surface area (Å²) in [6.45, 7) is 3.10. The van der Waals surface area contributed by atoms with Crippen molar-refractivity contribution < 1.29 is 4.92 Å². The van der Waals surface area contributed by atoms with Gasteiger partial charge in [0.05, 0.1) is 21.5 Å². The first-order valence-corrected chi connectivity index (χ1v) is 11.0. The van der Waals surface area contributed by atoms with E-state index < -0.39 is 4.92 Å². The number of pyridine rings is 1. The summed E-state index contributed by atoms with van der Waals surface area (Å²) in [6.07, 6.45) is 2.61.